The third-order valence-electron chi connectivity index (χ3n) is 2.80. The smallest absolute Gasteiger partial charge is 0.404 e. The molecule has 0 amide bonds. The molecule has 0 aromatic heterocycles. The Morgan fingerprint density at radius 1 is 1.13 bits per heavy atom. The first-order valence-electron chi connectivity index (χ1n) is 6.22. The zero-order chi connectivity index (χ0) is 17.3. The predicted octanol–water partition coefficient (Wildman–Crippen LogP) is 4.35. The molecule has 1 N–H and O–H groups in total. The maximum atomic E-state index is 12.4. The van der Waals surface area contributed by atoms with Crippen molar-refractivity contribution in [3.63, 3.8) is 0 Å². The Labute approximate surface area is 135 Å². The summed E-state index contributed by atoms with van der Waals surface area (Å²) in [6.45, 7) is 1.61. The van der Waals surface area contributed by atoms with Gasteiger partial charge >= 0.3 is 6.36 Å². The van der Waals surface area contributed by atoms with Gasteiger partial charge in [-0.15, -0.1) is 13.2 Å². The van der Waals surface area contributed by atoms with E-state index < -0.39 is 27.0 Å². The van der Waals surface area contributed by atoms with Gasteiger partial charge in [0.1, 0.15) is 10.6 Å². The van der Waals surface area contributed by atoms with Crippen LogP contribution in [0.25, 0.3) is 0 Å². The molecule has 23 heavy (non-hydrogen) atoms. The van der Waals surface area contributed by atoms with E-state index in [0.717, 1.165) is 12.1 Å². The van der Waals surface area contributed by atoms with Crippen LogP contribution in [0.15, 0.2) is 47.4 Å². The number of rotatable bonds is 4. The maximum absolute atomic E-state index is 12.4. The van der Waals surface area contributed by atoms with Gasteiger partial charge in [-0.1, -0.05) is 23.7 Å². The minimum atomic E-state index is -5.00. The van der Waals surface area contributed by atoms with E-state index in [2.05, 4.69) is 9.46 Å². The van der Waals surface area contributed by atoms with Crippen molar-refractivity contribution in [3.05, 3.63) is 53.1 Å². The summed E-state index contributed by atoms with van der Waals surface area (Å²) < 4.78 is 67.9. The van der Waals surface area contributed by atoms with Gasteiger partial charge in [0, 0.05) is 5.02 Å². The molecule has 0 aliphatic carbocycles. The van der Waals surface area contributed by atoms with Gasteiger partial charge < -0.3 is 4.74 Å². The Kier molecular flexibility index (Phi) is 4.76. The normalized spacial score (nSPS) is 12.0. The molecule has 0 aliphatic rings. The Morgan fingerprint density at radius 3 is 2.39 bits per heavy atom. The van der Waals surface area contributed by atoms with Crippen LogP contribution in [0.5, 0.6) is 5.75 Å². The van der Waals surface area contributed by atoms with Crippen molar-refractivity contribution in [2.24, 2.45) is 0 Å². The molecule has 0 bridgehead atoms. The van der Waals surface area contributed by atoms with Gasteiger partial charge in [-0.2, -0.15) is 0 Å². The number of sulfonamides is 1. The Morgan fingerprint density at radius 2 is 1.78 bits per heavy atom. The van der Waals surface area contributed by atoms with E-state index in [1.54, 1.807) is 6.92 Å². The SMILES string of the molecule is Cc1cc(Cl)ccc1NS(=O)(=O)c1ccccc1OC(F)(F)F. The van der Waals surface area contributed by atoms with Crippen molar-refractivity contribution in [3.8, 4) is 5.75 Å². The minimum Gasteiger partial charge on any atom is -0.404 e. The van der Waals surface area contributed by atoms with Crippen LogP contribution in [0.1, 0.15) is 5.56 Å². The van der Waals surface area contributed by atoms with E-state index in [4.69, 9.17) is 11.6 Å². The summed E-state index contributed by atoms with van der Waals surface area (Å²) >= 11 is 5.78. The van der Waals surface area contributed by atoms with Crippen LogP contribution in [0.4, 0.5) is 18.9 Å². The summed E-state index contributed by atoms with van der Waals surface area (Å²) in [5.74, 6) is -0.806. The number of halogens is 4. The fraction of sp³-hybridized carbons (Fsp3) is 0.143. The van der Waals surface area contributed by atoms with Crippen LogP contribution in [0.2, 0.25) is 5.02 Å². The average Bonchev–Trinajstić information content (AvgIpc) is 2.40. The van der Waals surface area contributed by atoms with Crippen molar-refractivity contribution in [2.75, 3.05) is 4.72 Å². The molecule has 2 aromatic carbocycles. The van der Waals surface area contributed by atoms with E-state index >= 15 is 0 Å². The number of hydrogen-bond donors (Lipinski definition) is 1. The Hall–Kier alpha value is -1.93. The second-order valence-corrected chi connectivity index (χ2v) is 6.65. The standard InChI is InChI=1S/C14H11ClF3NO3S/c1-9-8-10(15)6-7-11(9)19-23(20,21)13-5-3-2-4-12(13)22-14(16,17)18/h2-8,19H,1H3. The van der Waals surface area contributed by atoms with Crippen LogP contribution in [0.3, 0.4) is 0 Å². The molecule has 0 heterocycles. The van der Waals surface area contributed by atoms with E-state index in [1.807, 2.05) is 0 Å². The van der Waals surface area contributed by atoms with Gasteiger partial charge in [-0.25, -0.2) is 8.42 Å². The quantitative estimate of drug-likeness (QED) is 0.876. The van der Waals surface area contributed by atoms with Crippen LogP contribution >= 0.6 is 11.6 Å². The number of anilines is 1. The van der Waals surface area contributed by atoms with Gasteiger partial charge in [0.2, 0.25) is 0 Å². The van der Waals surface area contributed by atoms with Crippen molar-refractivity contribution >= 4 is 27.3 Å². The van der Waals surface area contributed by atoms with E-state index in [1.165, 1.54) is 30.3 Å². The van der Waals surface area contributed by atoms with Crippen LogP contribution in [-0.4, -0.2) is 14.8 Å². The molecule has 4 nitrogen and oxygen atoms in total. The van der Waals surface area contributed by atoms with Gasteiger partial charge in [0.05, 0.1) is 5.69 Å². The van der Waals surface area contributed by atoms with Gasteiger partial charge in [0.15, 0.2) is 0 Å². The lowest BCUT2D eigenvalue weighted by Crippen LogP contribution is -2.21. The molecule has 0 radical (unpaired) electrons. The van der Waals surface area contributed by atoms with Crippen LogP contribution in [0, 0.1) is 6.92 Å². The lowest BCUT2D eigenvalue weighted by Gasteiger charge is -2.15. The summed E-state index contributed by atoms with van der Waals surface area (Å²) in [5.41, 5.74) is 0.728. The van der Waals surface area contributed by atoms with Crippen molar-refractivity contribution in [2.45, 2.75) is 18.2 Å². The molecular weight excluding hydrogens is 355 g/mol. The molecule has 2 rings (SSSR count). The summed E-state index contributed by atoms with van der Waals surface area (Å²) in [6.07, 6.45) is -5.00. The molecule has 0 saturated carbocycles. The van der Waals surface area contributed by atoms with Gasteiger partial charge in [0.25, 0.3) is 10.0 Å². The third kappa shape index (κ3) is 4.52. The largest absolute Gasteiger partial charge is 0.573 e. The predicted molar refractivity (Wildman–Crippen MR) is 80.1 cm³/mol. The number of para-hydroxylation sites is 1. The first-order valence-corrected chi connectivity index (χ1v) is 8.08. The van der Waals surface area contributed by atoms with Gasteiger partial charge in [-0.05, 0) is 42.8 Å². The highest BCUT2D eigenvalue weighted by molar-refractivity contribution is 7.92. The summed E-state index contributed by atoms with van der Waals surface area (Å²) in [6, 6.07) is 8.90. The lowest BCUT2D eigenvalue weighted by molar-refractivity contribution is -0.275. The number of alkyl halides is 3. The van der Waals surface area contributed by atoms with E-state index in [-0.39, 0.29) is 5.69 Å². The number of hydrogen-bond acceptors (Lipinski definition) is 3. The van der Waals surface area contributed by atoms with E-state index in [9.17, 15) is 21.6 Å². The van der Waals surface area contributed by atoms with Crippen molar-refractivity contribution in [1.29, 1.82) is 0 Å². The second-order valence-electron chi connectivity index (χ2n) is 4.56. The summed E-state index contributed by atoms with van der Waals surface area (Å²) in [4.78, 5) is -0.619. The Bertz CT molecular complexity index is 822. The monoisotopic (exact) mass is 365 g/mol. The molecule has 0 aliphatic heterocycles. The second kappa shape index (κ2) is 6.29. The zero-order valence-electron chi connectivity index (χ0n) is 11.7. The molecule has 0 fully saturated rings. The van der Waals surface area contributed by atoms with Crippen LogP contribution < -0.4 is 9.46 Å². The molecule has 0 atom stereocenters. The molecule has 124 valence electrons. The highest BCUT2D eigenvalue weighted by Crippen LogP contribution is 2.31. The maximum Gasteiger partial charge on any atom is 0.573 e. The summed E-state index contributed by atoms with van der Waals surface area (Å²) in [5, 5.41) is 0.409. The molecular formula is C14H11ClF3NO3S. The molecule has 9 heteroatoms. The fourth-order valence-electron chi connectivity index (χ4n) is 1.82. The highest BCUT2D eigenvalue weighted by Gasteiger charge is 2.34. The van der Waals surface area contributed by atoms with Crippen molar-refractivity contribution < 1.29 is 26.3 Å². The van der Waals surface area contributed by atoms with Gasteiger partial charge in [-0.3, -0.25) is 4.72 Å². The average molecular weight is 366 g/mol. The molecule has 2 aromatic rings. The molecule has 0 saturated heterocycles. The van der Waals surface area contributed by atoms with E-state index in [0.29, 0.717) is 10.6 Å². The minimum absolute atomic E-state index is 0.205. The fourth-order valence-corrected chi connectivity index (χ4v) is 3.31. The first-order chi connectivity index (χ1) is 10.6. The third-order valence-corrected chi connectivity index (χ3v) is 4.44. The number of nitrogens with one attached hydrogen (secondary N) is 1. The Balaban J connectivity index is 2.40. The number of ether oxygens (including phenoxy) is 1. The molecule has 0 spiro atoms. The highest BCUT2D eigenvalue weighted by atomic mass is 35.5. The first kappa shape index (κ1) is 17.4. The zero-order valence-corrected chi connectivity index (χ0v) is 13.3. The number of benzene rings is 2. The topological polar surface area (TPSA) is 55.4 Å². The number of aryl methyl sites for hydroxylation is 1. The molecule has 0 unspecified atom stereocenters. The van der Waals surface area contributed by atoms with Crippen molar-refractivity contribution in [1.82, 2.24) is 0 Å². The summed E-state index contributed by atoms with van der Waals surface area (Å²) in [7, 11) is -4.27. The van der Waals surface area contributed by atoms with Crippen LogP contribution in [-0.2, 0) is 10.0 Å². The lowest BCUT2D eigenvalue weighted by atomic mass is 10.2.